The Hall–Kier alpha value is -1.55. The summed E-state index contributed by atoms with van der Waals surface area (Å²) in [6.07, 6.45) is 8.26. The van der Waals surface area contributed by atoms with Crippen molar-refractivity contribution < 1.29 is 14.3 Å². The molecule has 0 saturated carbocycles. The van der Waals surface area contributed by atoms with Crippen molar-refractivity contribution in [3.63, 3.8) is 0 Å². The largest absolute Gasteiger partial charge is 0.493 e. The molecule has 1 heterocycles. The van der Waals surface area contributed by atoms with Crippen molar-refractivity contribution in [2.45, 2.75) is 72.6 Å². The molecule has 4 heteroatoms. The lowest BCUT2D eigenvalue weighted by molar-refractivity contribution is 0.0891. The van der Waals surface area contributed by atoms with Crippen molar-refractivity contribution in [2.24, 2.45) is 17.8 Å². The highest BCUT2D eigenvalue weighted by Crippen LogP contribution is 2.39. The van der Waals surface area contributed by atoms with Gasteiger partial charge < -0.3 is 14.4 Å². The fourth-order valence-corrected chi connectivity index (χ4v) is 5.09. The first-order valence-electron chi connectivity index (χ1n) is 12.1. The maximum Gasteiger partial charge on any atom is 0.166 e. The summed E-state index contributed by atoms with van der Waals surface area (Å²) in [6.45, 7) is 12.3. The molecule has 1 aromatic rings. The van der Waals surface area contributed by atoms with E-state index in [2.05, 4.69) is 18.7 Å². The number of hydrogen-bond acceptors (Lipinski definition) is 4. The summed E-state index contributed by atoms with van der Waals surface area (Å²) in [4.78, 5) is 15.6. The molecular weight excluding hydrogens is 374 g/mol. The maximum atomic E-state index is 13.0. The Balaban J connectivity index is 0.00000155. The smallest absolute Gasteiger partial charge is 0.166 e. The van der Waals surface area contributed by atoms with Crippen LogP contribution in [0.3, 0.4) is 0 Å². The number of nitrogens with zero attached hydrogens (tertiary/aromatic N) is 1. The summed E-state index contributed by atoms with van der Waals surface area (Å²) >= 11 is 0. The van der Waals surface area contributed by atoms with Crippen LogP contribution in [0.15, 0.2) is 12.1 Å². The Bertz CT molecular complexity index is 664. The lowest BCUT2D eigenvalue weighted by atomic mass is 9.85. The Morgan fingerprint density at radius 1 is 1.07 bits per heavy atom. The second kappa shape index (κ2) is 12.3. The average Bonchev–Trinajstić information content (AvgIpc) is 3.09. The van der Waals surface area contributed by atoms with Gasteiger partial charge in [0.15, 0.2) is 17.3 Å². The van der Waals surface area contributed by atoms with Gasteiger partial charge in [-0.3, -0.25) is 4.79 Å². The van der Waals surface area contributed by atoms with Crippen molar-refractivity contribution in [1.29, 1.82) is 0 Å². The van der Waals surface area contributed by atoms with Crippen LogP contribution >= 0.6 is 0 Å². The highest BCUT2D eigenvalue weighted by molar-refractivity contribution is 6.02. The van der Waals surface area contributed by atoms with Crippen LogP contribution in [0, 0.1) is 17.8 Å². The number of carbonyl (C=O) groups is 1. The normalized spacial score (nSPS) is 20.3. The summed E-state index contributed by atoms with van der Waals surface area (Å²) in [7, 11) is 3.27. The molecule has 0 radical (unpaired) electrons. The van der Waals surface area contributed by atoms with Gasteiger partial charge in [0.25, 0.3) is 0 Å². The van der Waals surface area contributed by atoms with Gasteiger partial charge in [-0.05, 0) is 74.7 Å². The molecule has 3 rings (SSSR count). The first-order chi connectivity index (χ1) is 14.6. The fourth-order valence-electron chi connectivity index (χ4n) is 5.09. The van der Waals surface area contributed by atoms with Crippen LogP contribution in [-0.2, 0) is 6.42 Å². The molecule has 1 aromatic carbocycles. The molecule has 1 aliphatic carbocycles. The Morgan fingerprint density at radius 2 is 1.70 bits per heavy atom. The number of ether oxygens (including phenoxy) is 2. The molecule has 2 unspecified atom stereocenters. The van der Waals surface area contributed by atoms with E-state index in [1.807, 2.05) is 26.0 Å². The van der Waals surface area contributed by atoms with Crippen molar-refractivity contribution in [3.8, 4) is 11.5 Å². The van der Waals surface area contributed by atoms with Gasteiger partial charge in [0, 0.05) is 18.0 Å². The van der Waals surface area contributed by atoms with Crippen LogP contribution in [0.2, 0.25) is 0 Å². The Kier molecular flexibility index (Phi) is 10.2. The average molecular weight is 418 g/mol. The molecular formula is C26H43NO3. The minimum Gasteiger partial charge on any atom is -0.493 e. The zero-order valence-electron chi connectivity index (χ0n) is 20.1. The van der Waals surface area contributed by atoms with E-state index in [0.717, 1.165) is 35.6 Å². The minimum absolute atomic E-state index is 0.131. The summed E-state index contributed by atoms with van der Waals surface area (Å²) in [5.41, 5.74) is 1.96. The zero-order chi connectivity index (χ0) is 22.1. The third-order valence-electron chi connectivity index (χ3n) is 6.83. The molecule has 1 saturated heterocycles. The van der Waals surface area contributed by atoms with Gasteiger partial charge in [0.2, 0.25) is 0 Å². The second-order valence-corrected chi connectivity index (χ2v) is 8.67. The number of likely N-dealkylation sites (tertiary alicyclic amines) is 1. The van der Waals surface area contributed by atoms with E-state index >= 15 is 0 Å². The molecule has 0 amide bonds. The van der Waals surface area contributed by atoms with Gasteiger partial charge in [-0.15, -0.1) is 0 Å². The van der Waals surface area contributed by atoms with Crippen LogP contribution in [0.5, 0.6) is 11.5 Å². The fraction of sp³-hybridized carbons (Fsp3) is 0.731. The van der Waals surface area contributed by atoms with Gasteiger partial charge in [0.05, 0.1) is 14.2 Å². The Labute approximate surface area is 184 Å². The maximum absolute atomic E-state index is 13.0. The molecule has 1 aliphatic heterocycles. The number of hydrogen-bond donors (Lipinski definition) is 0. The third-order valence-corrected chi connectivity index (χ3v) is 6.83. The van der Waals surface area contributed by atoms with Crippen LogP contribution in [-0.4, -0.2) is 44.5 Å². The highest BCUT2D eigenvalue weighted by atomic mass is 16.5. The van der Waals surface area contributed by atoms with Crippen LogP contribution in [0.4, 0.5) is 0 Å². The quantitative estimate of drug-likeness (QED) is 0.493. The lowest BCUT2D eigenvalue weighted by Crippen LogP contribution is -2.37. The number of ketones is 1. The molecule has 30 heavy (non-hydrogen) atoms. The molecule has 0 aromatic heterocycles. The van der Waals surface area contributed by atoms with Crippen LogP contribution in [0.1, 0.15) is 82.1 Å². The van der Waals surface area contributed by atoms with Crippen LogP contribution < -0.4 is 9.47 Å². The van der Waals surface area contributed by atoms with E-state index in [4.69, 9.17) is 9.47 Å². The van der Waals surface area contributed by atoms with Gasteiger partial charge >= 0.3 is 0 Å². The predicted molar refractivity (Wildman–Crippen MR) is 125 cm³/mol. The van der Waals surface area contributed by atoms with Crippen molar-refractivity contribution in [3.05, 3.63) is 23.3 Å². The zero-order valence-corrected chi connectivity index (χ0v) is 20.1. The van der Waals surface area contributed by atoms with Gasteiger partial charge in [-0.25, -0.2) is 0 Å². The lowest BCUT2D eigenvalue weighted by Gasteiger charge is -2.34. The summed E-state index contributed by atoms with van der Waals surface area (Å²) < 4.78 is 10.8. The Morgan fingerprint density at radius 3 is 2.27 bits per heavy atom. The van der Waals surface area contributed by atoms with E-state index in [-0.39, 0.29) is 5.92 Å². The molecule has 0 bridgehead atoms. The summed E-state index contributed by atoms with van der Waals surface area (Å²) in [6, 6.07) is 3.87. The van der Waals surface area contributed by atoms with Crippen molar-refractivity contribution in [2.75, 3.05) is 33.9 Å². The predicted octanol–water partition coefficient (Wildman–Crippen LogP) is 6.01. The number of rotatable bonds is 9. The molecule has 4 nitrogen and oxygen atoms in total. The van der Waals surface area contributed by atoms with Crippen molar-refractivity contribution in [1.82, 2.24) is 4.90 Å². The van der Waals surface area contributed by atoms with E-state index in [9.17, 15) is 4.79 Å². The number of Topliss-reactive ketones (excluding diaryl/α,β-unsaturated/α-hetero) is 1. The topological polar surface area (TPSA) is 38.8 Å². The molecule has 0 spiro atoms. The van der Waals surface area contributed by atoms with E-state index in [0.29, 0.717) is 17.5 Å². The van der Waals surface area contributed by atoms with Crippen molar-refractivity contribution >= 4 is 5.78 Å². The van der Waals surface area contributed by atoms with E-state index < -0.39 is 0 Å². The highest BCUT2D eigenvalue weighted by Gasteiger charge is 2.34. The number of methoxy groups -OCH3 is 2. The number of piperidine rings is 1. The number of carbonyl (C=O) groups excluding carboxylic acids is 1. The minimum atomic E-state index is 0.131. The van der Waals surface area contributed by atoms with Gasteiger partial charge in [-0.1, -0.05) is 40.5 Å². The second-order valence-electron chi connectivity index (χ2n) is 8.67. The number of fused-ring (bicyclic) bond motifs is 1. The summed E-state index contributed by atoms with van der Waals surface area (Å²) in [5, 5.41) is 0. The van der Waals surface area contributed by atoms with E-state index in [1.54, 1.807) is 14.2 Å². The first-order valence-corrected chi connectivity index (χ1v) is 12.1. The molecule has 2 atom stereocenters. The van der Waals surface area contributed by atoms with Gasteiger partial charge in [0.1, 0.15) is 0 Å². The monoisotopic (exact) mass is 417 g/mol. The molecule has 0 N–H and O–H groups in total. The summed E-state index contributed by atoms with van der Waals surface area (Å²) in [5.74, 6) is 3.33. The SMILES string of the molecule is CC.CCCC(CC)CN1CCC(CC2Cc3cc(OC)c(OC)cc3C2=O)CC1. The van der Waals surface area contributed by atoms with Crippen LogP contribution in [0.25, 0.3) is 0 Å². The molecule has 170 valence electrons. The third kappa shape index (κ3) is 6.00. The molecule has 2 aliphatic rings. The molecule has 1 fully saturated rings. The van der Waals surface area contributed by atoms with E-state index in [1.165, 1.54) is 51.7 Å². The van der Waals surface area contributed by atoms with Gasteiger partial charge in [-0.2, -0.15) is 0 Å². The standard InChI is InChI=1S/C24H37NO3.C2H6/c1-5-7-17(6-2)16-25-10-8-18(9-11-25)12-20-13-19-14-22(27-3)23(28-4)15-21(19)24(20)26;1-2/h14-15,17-18,20H,5-13,16H2,1-4H3;1-2H3. The first kappa shape index (κ1) is 24.7. The number of benzene rings is 1.